The maximum Gasteiger partial charge on any atom is 0.410 e. The van der Waals surface area contributed by atoms with E-state index in [-0.39, 0.29) is 25.3 Å². The Morgan fingerprint density at radius 3 is 1.34 bits per heavy atom. The van der Waals surface area contributed by atoms with Crippen molar-refractivity contribution in [2.75, 3.05) is 65.8 Å². The maximum absolute atomic E-state index is 12.7. The first kappa shape index (κ1) is 26.6. The van der Waals surface area contributed by atoms with Gasteiger partial charge in [-0.3, -0.25) is 0 Å². The molecule has 2 rings (SSSR count). The fourth-order valence-corrected chi connectivity index (χ4v) is 2.59. The summed E-state index contributed by atoms with van der Waals surface area (Å²) in [5.74, 6) is 0. The Kier molecular flexibility index (Phi) is 10.00. The third kappa shape index (κ3) is 12.4. The van der Waals surface area contributed by atoms with Gasteiger partial charge in [-0.05, 0) is 41.5 Å². The highest BCUT2D eigenvalue weighted by Gasteiger charge is 2.27. The zero-order valence-electron chi connectivity index (χ0n) is 20.4. The number of hydrogen-bond donors (Lipinski definition) is 0. The summed E-state index contributed by atoms with van der Waals surface area (Å²) in [6.07, 6.45) is -0.576. The van der Waals surface area contributed by atoms with Crippen molar-refractivity contribution in [3.63, 3.8) is 0 Å². The van der Waals surface area contributed by atoms with Gasteiger partial charge in [-0.1, -0.05) is 0 Å². The fourth-order valence-electron chi connectivity index (χ4n) is 2.59. The summed E-state index contributed by atoms with van der Waals surface area (Å²) < 4.78 is 32.5. The molecule has 0 aliphatic carbocycles. The number of rotatable bonds is 13. The topological polar surface area (TPSA) is 103 Å². The molecule has 186 valence electrons. The highest BCUT2D eigenvalue weighted by molar-refractivity contribution is 5.69. The minimum atomic E-state index is -0.623. The van der Waals surface area contributed by atoms with Crippen LogP contribution in [0.2, 0.25) is 0 Å². The average Bonchev–Trinajstić information content (AvgIpc) is 3.54. The third-order valence-electron chi connectivity index (χ3n) is 4.37. The quantitative estimate of drug-likeness (QED) is 0.305. The molecule has 2 aliphatic rings. The van der Waals surface area contributed by atoms with Crippen molar-refractivity contribution in [2.24, 2.45) is 0 Å². The number of ether oxygens (including phenoxy) is 6. The Morgan fingerprint density at radius 1 is 0.719 bits per heavy atom. The number of nitrogens with zero attached hydrogens (tertiary/aromatic N) is 2. The van der Waals surface area contributed by atoms with Gasteiger partial charge in [-0.15, -0.1) is 0 Å². The molecule has 0 bridgehead atoms. The van der Waals surface area contributed by atoms with E-state index in [0.717, 1.165) is 13.2 Å². The van der Waals surface area contributed by atoms with Crippen molar-refractivity contribution >= 4 is 12.2 Å². The molecule has 2 unspecified atom stereocenters. The molecular formula is C22H40N2O8. The second-order valence-electron chi connectivity index (χ2n) is 10.00. The largest absolute Gasteiger partial charge is 0.444 e. The number of amides is 2. The van der Waals surface area contributed by atoms with Crippen LogP contribution in [0.1, 0.15) is 41.5 Å². The van der Waals surface area contributed by atoms with Crippen molar-refractivity contribution < 1.29 is 38.0 Å². The first-order chi connectivity index (χ1) is 14.9. The van der Waals surface area contributed by atoms with E-state index in [0.29, 0.717) is 39.5 Å². The molecule has 2 amide bonds. The third-order valence-corrected chi connectivity index (χ3v) is 4.37. The predicted molar refractivity (Wildman–Crippen MR) is 117 cm³/mol. The summed E-state index contributed by atoms with van der Waals surface area (Å²) in [4.78, 5) is 28.5. The molecule has 10 nitrogen and oxygen atoms in total. The maximum atomic E-state index is 12.7. The second kappa shape index (κ2) is 12.0. The molecule has 2 aliphatic heterocycles. The molecule has 0 aromatic carbocycles. The molecule has 2 heterocycles. The van der Waals surface area contributed by atoms with Crippen LogP contribution >= 0.6 is 0 Å². The number of carbonyl (C=O) groups excluding carboxylic acids is 2. The molecule has 0 aromatic heterocycles. The Morgan fingerprint density at radius 2 is 1.06 bits per heavy atom. The lowest BCUT2D eigenvalue weighted by molar-refractivity contribution is 0.00413. The van der Waals surface area contributed by atoms with E-state index < -0.39 is 23.4 Å². The van der Waals surface area contributed by atoms with Gasteiger partial charge in [-0.2, -0.15) is 0 Å². The van der Waals surface area contributed by atoms with E-state index in [1.54, 1.807) is 9.80 Å². The van der Waals surface area contributed by atoms with E-state index in [2.05, 4.69) is 0 Å². The number of epoxide rings is 2. The second-order valence-corrected chi connectivity index (χ2v) is 10.00. The summed E-state index contributed by atoms with van der Waals surface area (Å²) in [5.41, 5.74) is -1.25. The standard InChI is InChI=1S/C22H40N2O8/c1-21(2,3)31-19(25)23(9-11-27-13-17-15-29-17)7-8-24(20(26)32-22(4,5)6)10-12-28-14-18-16-30-18/h17-18H,7-16H2,1-6H3. The van der Waals surface area contributed by atoms with E-state index in [1.165, 1.54) is 0 Å². The fraction of sp³-hybridized carbons (Fsp3) is 0.909. The molecule has 2 atom stereocenters. The lowest BCUT2D eigenvalue weighted by Gasteiger charge is -2.31. The Hall–Kier alpha value is -1.62. The van der Waals surface area contributed by atoms with Crippen molar-refractivity contribution in [1.82, 2.24) is 9.80 Å². The van der Waals surface area contributed by atoms with E-state index in [1.807, 2.05) is 41.5 Å². The normalized spacial score (nSPS) is 19.9. The molecule has 32 heavy (non-hydrogen) atoms. The van der Waals surface area contributed by atoms with Gasteiger partial charge in [-0.25, -0.2) is 9.59 Å². The van der Waals surface area contributed by atoms with Crippen LogP contribution in [0.5, 0.6) is 0 Å². The predicted octanol–water partition coefficient (Wildman–Crippen LogP) is 2.29. The van der Waals surface area contributed by atoms with Crippen molar-refractivity contribution in [3.8, 4) is 0 Å². The summed E-state index contributed by atoms with van der Waals surface area (Å²) in [6, 6.07) is 0. The summed E-state index contributed by atoms with van der Waals surface area (Å²) in [7, 11) is 0. The van der Waals surface area contributed by atoms with Crippen LogP contribution in [-0.4, -0.2) is 111 Å². The van der Waals surface area contributed by atoms with E-state index >= 15 is 0 Å². The molecule has 2 fully saturated rings. The van der Waals surface area contributed by atoms with Crippen LogP contribution in [0.25, 0.3) is 0 Å². The van der Waals surface area contributed by atoms with Crippen LogP contribution < -0.4 is 0 Å². The van der Waals surface area contributed by atoms with Crippen LogP contribution in [-0.2, 0) is 28.4 Å². The average molecular weight is 461 g/mol. The number of hydrogen-bond acceptors (Lipinski definition) is 8. The number of carbonyl (C=O) groups is 2. The van der Waals surface area contributed by atoms with Crippen LogP contribution in [0.3, 0.4) is 0 Å². The lowest BCUT2D eigenvalue weighted by atomic mass is 10.2. The van der Waals surface area contributed by atoms with Crippen LogP contribution in [0, 0.1) is 0 Å². The van der Waals surface area contributed by atoms with Gasteiger partial charge in [0, 0.05) is 26.2 Å². The SMILES string of the molecule is CC(C)(C)OC(=O)N(CCOCC1CO1)CCN(CCOCC1CO1)C(=O)OC(C)(C)C. The van der Waals surface area contributed by atoms with E-state index in [9.17, 15) is 9.59 Å². The minimum Gasteiger partial charge on any atom is -0.444 e. The molecule has 0 spiro atoms. The zero-order valence-corrected chi connectivity index (χ0v) is 20.4. The van der Waals surface area contributed by atoms with Gasteiger partial charge in [0.15, 0.2) is 0 Å². The summed E-state index contributed by atoms with van der Waals surface area (Å²) in [6.45, 7) is 15.3. The summed E-state index contributed by atoms with van der Waals surface area (Å²) in [5, 5.41) is 0. The molecule has 0 N–H and O–H groups in total. The first-order valence-electron chi connectivity index (χ1n) is 11.3. The van der Waals surface area contributed by atoms with Gasteiger partial charge in [0.25, 0.3) is 0 Å². The molecule has 10 heteroatoms. The van der Waals surface area contributed by atoms with Gasteiger partial charge in [0.05, 0.1) is 39.6 Å². The van der Waals surface area contributed by atoms with Gasteiger partial charge < -0.3 is 38.2 Å². The van der Waals surface area contributed by atoms with Crippen LogP contribution in [0.4, 0.5) is 9.59 Å². The molecule has 2 saturated heterocycles. The van der Waals surface area contributed by atoms with Crippen LogP contribution in [0.15, 0.2) is 0 Å². The first-order valence-corrected chi connectivity index (χ1v) is 11.3. The molecule has 0 saturated carbocycles. The van der Waals surface area contributed by atoms with Gasteiger partial charge >= 0.3 is 12.2 Å². The monoisotopic (exact) mass is 460 g/mol. The highest BCUT2D eigenvalue weighted by atomic mass is 16.6. The Bertz CT molecular complexity index is 542. The Balaban J connectivity index is 1.89. The molecular weight excluding hydrogens is 420 g/mol. The lowest BCUT2D eigenvalue weighted by Crippen LogP contribution is -2.46. The van der Waals surface area contributed by atoms with Crippen molar-refractivity contribution in [2.45, 2.75) is 65.0 Å². The molecule has 0 radical (unpaired) electrons. The highest BCUT2D eigenvalue weighted by Crippen LogP contribution is 2.13. The zero-order chi connectivity index (χ0) is 23.8. The molecule has 0 aromatic rings. The minimum absolute atomic E-state index is 0.161. The summed E-state index contributed by atoms with van der Waals surface area (Å²) >= 11 is 0. The Labute approximate surface area is 191 Å². The van der Waals surface area contributed by atoms with Gasteiger partial charge in [0.2, 0.25) is 0 Å². The van der Waals surface area contributed by atoms with Crippen molar-refractivity contribution in [3.05, 3.63) is 0 Å². The van der Waals surface area contributed by atoms with Crippen molar-refractivity contribution in [1.29, 1.82) is 0 Å². The smallest absolute Gasteiger partial charge is 0.410 e. The van der Waals surface area contributed by atoms with E-state index in [4.69, 9.17) is 28.4 Å². The van der Waals surface area contributed by atoms with Gasteiger partial charge in [0.1, 0.15) is 23.4 Å².